The molecule has 2 rings (SSSR count). The summed E-state index contributed by atoms with van der Waals surface area (Å²) in [6, 6.07) is 3.60. The van der Waals surface area contributed by atoms with Crippen molar-refractivity contribution in [1.29, 1.82) is 0 Å². The number of halogens is 1. The highest BCUT2D eigenvalue weighted by Crippen LogP contribution is 2.28. The van der Waals surface area contributed by atoms with Crippen molar-refractivity contribution < 1.29 is 4.74 Å². The van der Waals surface area contributed by atoms with Crippen molar-refractivity contribution in [2.75, 3.05) is 7.11 Å². The minimum atomic E-state index is 0.400. The zero-order valence-electron chi connectivity index (χ0n) is 11.0. The lowest BCUT2D eigenvalue weighted by atomic mass is 10.2. The number of nitrogens with zero attached hydrogens (tertiary/aromatic N) is 3. The van der Waals surface area contributed by atoms with Crippen molar-refractivity contribution in [2.45, 2.75) is 32.6 Å². The Bertz CT molecular complexity index is 544. The van der Waals surface area contributed by atoms with E-state index in [1.54, 1.807) is 24.5 Å². The van der Waals surface area contributed by atoms with Gasteiger partial charge in [0.1, 0.15) is 15.2 Å². The molecule has 0 bridgehead atoms. The average molecular weight is 298 g/mol. The van der Waals surface area contributed by atoms with Crippen LogP contribution in [0.15, 0.2) is 12.1 Å². The van der Waals surface area contributed by atoms with Gasteiger partial charge in [0.05, 0.1) is 7.11 Å². The van der Waals surface area contributed by atoms with Crippen LogP contribution < -0.4 is 4.74 Å². The summed E-state index contributed by atoms with van der Waals surface area (Å²) in [6.45, 7) is 2.19. The summed E-state index contributed by atoms with van der Waals surface area (Å²) in [5.41, 5.74) is 0.899. The zero-order chi connectivity index (χ0) is 13.7. The van der Waals surface area contributed by atoms with Gasteiger partial charge in [-0.05, 0) is 12.5 Å². The van der Waals surface area contributed by atoms with E-state index in [-0.39, 0.29) is 0 Å². The molecule has 0 N–H and O–H groups in total. The van der Waals surface area contributed by atoms with Crippen molar-refractivity contribution >= 4 is 22.9 Å². The van der Waals surface area contributed by atoms with Gasteiger partial charge in [0.2, 0.25) is 5.88 Å². The third kappa shape index (κ3) is 3.88. The number of hydrogen-bond donors (Lipinski definition) is 0. The second kappa shape index (κ2) is 6.82. The summed E-state index contributed by atoms with van der Waals surface area (Å²) in [5.74, 6) is 0.491. The lowest BCUT2D eigenvalue weighted by Gasteiger charge is -2.01. The Morgan fingerprint density at radius 3 is 2.84 bits per heavy atom. The largest absolute Gasteiger partial charge is 0.481 e. The van der Waals surface area contributed by atoms with Crippen molar-refractivity contribution in [2.24, 2.45) is 0 Å². The highest BCUT2D eigenvalue weighted by Gasteiger charge is 2.09. The molecule has 0 spiro atoms. The van der Waals surface area contributed by atoms with Crippen LogP contribution in [-0.2, 0) is 6.42 Å². The van der Waals surface area contributed by atoms with E-state index in [0.717, 1.165) is 28.4 Å². The molecule has 0 aliphatic heterocycles. The molecule has 0 fully saturated rings. The van der Waals surface area contributed by atoms with Gasteiger partial charge in [0.25, 0.3) is 0 Å². The summed E-state index contributed by atoms with van der Waals surface area (Å²) in [4.78, 5) is 4.04. The standard InChI is InChI=1S/C13H16ClN3OS/c1-3-4-5-6-12-16-17-13(19-12)9-7-10(14)15-11(8-9)18-2/h7-8H,3-6H2,1-2H3. The third-order valence-corrected chi connectivity index (χ3v) is 3.91. The summed E-state index contributed by atoms with van der Waals surface area (Å²) in [5, 5.41) is 10.7. The van der Waals surface area contributed by atoms with Gasteiger partial charge in [-0.1, -0.05) is 42.7 Å². The SMILES string of the molecule is CCCCCc1nnc(-c2cc(Cl)nc(OC)c2)s1. The fourth-order valence-electron chi connectivity index (χ4n) is 1.70. The summed E-state index contributed by atoms with van der Waals surface area (Å²) < 4.78 is 5.10. The first-order chi connectivity index (χ1) is 9.22. The molecule has 0 saturated heterocycles. The molecule has 2 aromatic heterocycles. The quantitative estimate of drug-likeness (QED) is 0.597. The molecule has 0 aliphatic carbocycles. The molecule has 19 heavy (non-hydrogen) atoms. The Labute approximate surface area is 121 Å². The smallest absolute Gasteiger partial charge is 0.215 e. The Kier molecular flexibility index (Phi) is 5.10. The van der Waals surface area contributed by atoms with Crippen LogP contribution in [0, 0.1) is 0 Å². The molecular weight excluding hydrogens is 282 g/mol. The molecule has 0 atom stereocenters. The van der Waals surface area contributed by atoms with Crippen LogP contribution in [0.1, 0.15) is 31.2 Å². The summed E-state index contributed by atoms with van der Waals surface area (Å²) >= 11 is 7.55. The number of hydrogen-bond acceptors (Lipinski definition) is 5. The van der Waals surface area contributed by atoms with Crippen molar-refractivity contribution in [3.05, 3.63) is 22.3 Å². The fraction of sp³-hybridized carbons (Fsp3) is 0.462. The molecule has 4 nitrogen and oxygen atoms in total. The second-order valence-electron chi connectivity index (χ2n) is 4.18. The number of rotatable bonds is 6. The molecular formula is C13H16ClN3OS. The van der Waals surface area contributed by atoms with Crippen LogP contribution in [0.2, 0.25) is 5.15 Å². The highest BCUT2D eigenvalue weighted by molar-refractivity contribution is 7.14. The van der Waals surface area contributed by atoms with E-state index in [9.17, 15) is 0 Å². The van der Waals surface area contributed by atoms with Gasteiger partial charge in [-0.2, -0.15) is 0 Å². The summed E-state index contributed by atoms with van der Waals surface area (Å²) in [7, 11) is 1.57. The zero-order valence-corrected chi connectivity index (χ0v) is 12.6. The number of aromatic nitrogens is 3. The van der Waals surface area contributed by atoms with Gasteiger partial charge in [0.15, 0.2) is 0 Å². The van der Waals surface area contributed by atoms with Crippen molar-refractivity contribution in [3.63, 3.8) is 0 Å². The monoisotopic (exact) mass is 297 g/mol. The average Bonchev–Trinajstić information content (AvgIpc) is 2.87. The third-order valence-electron chi connectivity index (χ3n) is 2.69. The van der Waals surface area contributed by atoms with Gasteiger partial charge in [-0.3, -0.25) is 0 Å². The van der Waals surface area contributed by atoms with Crippen LogP contribution in [-0.4, -0.2) is 22.3 Å². The molecule has 0 saturated carbocycles. The molecule has 0 aliphatic rings. The maximum atomic E-state index is 5.95. The molecule has 0 amide bonds. The van der Waals surface area contributed by atoms with E-state index in [2.05, 4.69) is 22.1 Å². The number of methoxy groups -OCH3 is 1. The van der Waals surface area contributed by atoms with Crippen LogP contribution in [0.25, 0.3) is 10.6 Å². The normalized spacial score (nSPS) is 10.7. The van der Waals surface area contributed by atoms with E-state index in [4.69, 9.17) is 16.3 Å². The first-order valence-corrected chi connectivity index (χ1v) is 7.46. The topological polar surface area (TPSA) is 47.9 Å². The van der Waals surface area contributed by atoms with Crippen LogP contribution in [0.3, 0.4) is 0 Å². The van der Waals surface area contributed by atoms with E-state index in [1.165, 1.54) is 12.8 Å². The number of ether oxygens (including phenoxy) is 1. The summed E-state index contributed by atoms with van der Waals surface area (Å²) in [6.07, 6.45) is 4.58. The molecule has 0 radical (unpaired) electrons. The molecule has 6 heteroatoms. The molecule has 0 unspecified atom stereocenters. The Morgan fingerprint density at radius 2 is 2.11 bits per heavy atom. The van der Waals surface area contributed by atoms with Gasteiger partial charge in [-0.15, -0.1) is 10.2 Å². The first-order valence-electron chi connectivity index (χ1n) is 6.27. The van der Waals surface area contributed by atoms with Crippen molar-refractivity contribution in [1.82, 2.24) is 15.2 Å². The Morgan fingerprint density at radius 1 is 1.26 bits per heavy atom. The maximum Gasteiger partial charge on any atom is 0.215 e. The lowest BCUT2D eigenvalue weighted by molar-refractivity contribution is 0.398. The van der Waals surface area contributed by atoms with E-state index in [1.807, 2.05) is 6.07 Å². The molecule has 0 aromatic carbocycles. The van der Waals surface area contributed by atoms with Crippen LogP contribution in [0.4, 0.5) is 0 Å². The van der Waals surface area contributed by atoms with Gasteiger partial charge >= 0.3 is 0 Å². The van der Waals surface area contributed by atoms with E-state index >= 15 is 0 Å². The maximum absolute atomic E-state index is 5.95. The first kappa shape index (κ1) is 14.2. The van der Waals surface area contributed by atoms with Gasteiger partial charge in [0, 0.05) is 18.1 Å². The predicted octanol–water partition coefficient (Wildman–Crippen LogP) is 3.99. The Balaban J connectivity index is 2.15. The van der Waals surface area contributed by atoms with Crippen molar-refractivity contribution in [3.8, 4) is 16.5 Å². The molecule has 2 aromatic rings. The van der Waals surface area contributed by atoms with Crippen LogP contribution >= 0.6 is 22.9 Å². The predicted molar refractivity (Wildman–Crippen MR) is 77.9 cm³/mol. The van der Waals surface area contributed by atoms with E-state index in [0.29, 0.717) is 11.0 Å². The Hall–Kier alpha value is -1.20. The minimum absolute atomic E-state index is 0.400. The van der Waals surface area contributed by atoms with Gasteiger partial charge in [-0.25, -0.2) is 4.98 Å². The number of unbranched alkanes of at least 4 members (excludes halogenated alkanes) is 2. The second-order valence-corrected chi connectivity index (χ2v) is 5.63. The number of pyridine rings is 1. The molecule has 102 valence electrons. The highest BCUT2D eigenvalue weighted by atomic mass is 35.5. The lowest BCUT2D eigenvalue weighted by Crippen LogP contribution is -1.89. The fourth-order valence-corrected chi connectivity index (χ4v) is 2.77. The molecule has 2 heterocycles. The minimum Gasteiger partial charge on any atom is -0.481 e. The van der Waals surface area contributed by atoms with E-state index < -0.39 is 0 Å². The van der Waals surface area contributed by atoms with Gasteiger partial charge < -0.3 is 4.74 Å². The van der Waals surface area contributed by atoms with Crippen LogP contribution in [0.5, 0.6) is 5.88 Å². The number of aryl methyl sites for hydroxylation is 1.